The van der Waals surface area contributed by atoms with Crippen molar-refractivity contribution in [1.82, 2.24) is 84.7 Å². The number of rotatable bonds is 60. The molecule has 43 nitrogen and oxygen atoms in total. The highest BCUT2D eigenvalue weighted by molar-refractivity contribution is 6.01. The number of nitrogens with one attached hydrogen (secondary N) is 15. The first-order valence-corrected chi connectivity index (χ1v) is 44.6. The van der Waals surface area contributed by atoms with E-state index in [-0.39, 0.29) is 145 Å². The van der Waals surface area contributed by atoms with Gasteiger partial charge in [0, 0.05) is 19.6 Å². The topological polar surface area (TPSA) is 701 Å². The minimum absolute atomic E-state index is 0.0183. The SMILES string of the molecule is CC(C)C[C@H](NC(=O)[C@H](C)NC(=O)[C@H](CC(C)C)NC(=O)[C@H](CC(C)C)NC(=O)[C@@H](NC(=O)[C@H](C)NC(=O)[C@@H]1CCCN1C(=O)[C@H](CC(C)C)NC(=O)[C@H](CC(C)C)NC(=O)[C@H](C)NC(=O)[C@@H](NC(=O)[C@H](C)NC(=O)[C@H](C)NC(=O)[C@H](CCCCN)NC(=O)[C@H](CCCCN)NC(=O)[C@H](CCCN=C(N)N)NC(=O)[C@@H](N)CCCN=C(N)N)C(C)C)C(C)C)C(=O)O. The van der Waals surface area contributed by atoms with Crippen LogP contribution in [0.15, 0.2) is 9.98 Å². The van der Waals surface area contributed by atoms with Gasteiger partial charge in [0.25, 0.3) is 0 Å². The van der Waals surface area contributed by atoms with Crippen LogP contribution in [0.2, 0.25) is 0 Å². The largest absolute Gasteiger partial charge is 0.480 e. The first kappa shape index (κ1) is 114. The molecule has 127 heavy (non-hydrogen) atoms. The Bertz CT molecular complexity index is 3670. The third-order valence-electron chi connectivity index (χ3n) is 20.8. The van der Waals surface area contributed by atoms with Crippen LogP contribution in [0.4, 0.5) is 0 Å². The quantitative estimate of drug-likeness (QED) is 0.0161. The lowest BCUT2D eigenvalue weighted by Gasteiger charge is -2.31. The first-order chi connectivity index (χ1) is 59.3. The number of likely N-dealkylation sites (tertiary alicyclic amines) is 1. The fourth-order valence-corrected chi connectivity index (χ4v) is 13.7. The van der Waals surface area contributed by atoms with Crippen molar-refractivity contribution < 1.29 is 86.6 Å². The summed E-state index contributed by atoms with van der Waals surface area (Å²) < 4.78 is 0. The molecule has 0 aromatic rings. The van der Waals surface area contributed by atoms with E-state index in [1.165, 1.54) is 39.5 Å². The molecule has 0 radical (unpaired) electrons. The van der Waals surface area contributed by atoms with Gasteiger partial charge in [-0.3, -0.25) is 86.7 Å². The number of unbranched alkanes of at least 4 members (excludes halogenated alkanes) is 2. The monoisotopic (exact) mass is 1800 g/mol. The highest BCUT2D eigenvalue weighted by Crippen LogP contribution is 2.23. The number of nitrogens with two attached hydrogens (primary N) is 7. The van der Waals surface area contributed by atoms with Gasteiger partial charge in [0.2, 0.25) is 94.5 Å². The van der Waals surface area contributed by atoms with Crippen molar-refractivity contribution in [1.29, 1.82) is 0 Å². The second-order valence-electron chi connectivity index (χ2n) is 35.9. The standard InChI is InChI=1S/C84H155N25O18/c1-42(2)37-58(75(119)96-50(16)68(112)106-62(82(126)127)41-46(9)10)103-76(120)60(39-44(5)6)104-80(124)65(48(13)14)108-70(114)53(19)97-78(122)63-31-26-36-109(63)81(125)61(40-45(7)8)105-77(121)59(38-43(3)4)102-67(111)51(17)98-79(123)64(47(11)12)107-69(113)52(18)94-66(110)49(15)95-72(116)55(28-20-22-32-85)100-73(117)56(29-21-23-33-86)101-74(118)57(30-25-35-93-84(90)91)99-71(115)54(87)27-24-34-92-83(88)89/h42-65H,20-41,85-87H2,1-19H3,(H,94,110)(H,95,116)(H,96,119)(H,97,122)(H,98,123)(H,99,115)(H,100,117)(H,101,118)(H,102,111)(H,103,120)(H,104,124)(H,105,121)(H,106,112)(H,107,113)(H,108,114)(H,126,127)(H4,88,89,92)(H4,90,91,93)/t49-,50-,51-,52-,53-,54-,55-,56-,57-,58-,59-,60-,61-,62-,63-,64-,65-/m0/s1. The van der Waals surface area contributed by atoms with Crippen molar-refractivity contribution in [2.75, 3.05) is 32.7 Å². The highest BCUT2D eigenvalue weighted by atomic mass is 16.4. The average Bonchev–Trinajstić information content (AvgIpc) is 1.71. The molecule has 1 aliphatic heterocycles. The summed E-state index contributed by atoms with van der Waals surface area (Å²) in [5.41, 5.74) is 39.6. The molecule has 17 atom stereocenters. The second kappa shape index (κ2) is 58.7. The van der Waals surface area contributed by atoms with E-state index in [9.17, 15) is 86.6 Å². The molecule has 0 bridgehead atoms. The predicted octanol–water partition coefficient (Wildman–Crippen LogP) is -3.33. The normalized spacial score (nSPS) is 16.4. The van der Waals surface area contributed by atoms with Crippen molar-refractivity contribution in [3.05, 3.63) is 0 Å². The van der Waals surface area contributed by atoms with Gasteiger partial charge in [-0.15, -0.1) is 0 Å². The van der Waals surface area contributed by atoms with Crippen molar-refractivity contribution in [3.63, 3.8) is 0 Å². The van der Waals surface area contributed by atoms with Gasteiger partial charge >= 0.3 is 5.97 Å². The lowest BCUT2D eigenvalue weighted by atomic mass is 9.98. The lowest BCUT2D eigenvalue weighted by molar-refractivity contribution is -0.143. The number of nitrogens with zero attached hydrogens (tertiary/aromatic N) is 3. The first-order valence-electron chi connectivity index (χ1n) is 44.6. The number of hydrogen-bond donors (Lipinski definition) is 23. The molecule has 0 spiro atoms. The minimum atomic E-state index is -1.33. The molecule has 0 aromatic carbocycles. The van der Waals surface area contributed by atoms with Gasteiger partial charge in [-0.05, 0) is 198 Å². The van der Waals surface area contributed by atoms with Crippen LogP contribution in [-0.2, 0) is 81.5 Å². The molecule has 0 saturated carbocycles. The van der Waals surface area contributed by atoms with Crippen molar-refractivity contribution in [2.24, 2.45) is 91.5 Å². The van der Waals surface area contributed by atoms with E-state index in [1.807, 2.05) is 41.5 Å². The summed E-state index contributed by atoms with van der Waals surface area (Å²) in [7, 11) is 0. The summed E-state index contributed by atoms with van der Waals surface area (Å²) in [5, 5.41) is 49.4. The Balaban J connectivity index is 3.30. The number of aliphatic carboxylic acids is 1. The summed E-state index contributed by atoms with van der Waals surface area (Å²) in [6.07, 6.45) is 3.50. The fraction of sp³-hybridized carbons (Fsp3) is 0.774. The van der Waals surface area contributed by atoms with Gasteiger partial charge in [0.05, 0.1) is 6.04 Å². The summed E-state index contributed by atoms with van der Waals surface area (Å²) >= 11 is 0. The molecule has 43 heteroatoms. The Kier molecular flexibility index (Phi) is 52.9. The van der Waals surface area contributed by atoms with E-state index < -0.39 is 215 Å². The molecule has 1 fully saturated rings. The highest BCUT2D eigenvalue weighted by Gasteiger charge is 2.42. The Morgan fingerprint density at radius 3 is 0.984 bits per heavy atom. The van der Waals surface area contributed by atoms with E-state index in [2.05, 4.69) is 89.7 Å². The summed E-state index contributed by atoms with van der Waals surface area (Å²) in [5.74, 6) is -15.7. The van der Waals surface area contributed by atoms with E-state index in [1.54, 1.807) is 55.4 Å². The zero-order chi connectivity index (χ0) is 97.0. The Labute approximate surface area is 748 Å². The molecule has 30 N–H and O–H groups in total. The van der Waals surface area contributed by atoms with Crippen LogP contribution in [0.1, 0.15) is 241 Å². The number of guanidine groups is 2. The zero-order valence-electron chi connectivity index (χ0n) is 78.2. The Morgan fingerprint density at radius 2 is 0.598 bits per heavy atom. The average molecular weight is 1800 g/mol. The Hall–Kier alpha value is -10.6. The third kappa shape index (κ3) is 44.1. The molecule has 1 aliphatic rings. The smallest absolute Gasteiger partial charge is 0.326 e. The second-order valence-corrected chi connectivity index (χ2v) is 35.9. The van der Waals surface area contributed by atoms with Crippen LogP contribution in [0.5, 0.6) is 0 Å². The van der Waals surface area contributed by atoms with Gasteiger partial charge in [0.1, 0.15) is 96.7 Å². The van der Waals surface area contributed by atoms with Crippen LogP contribution in [0.3, 0.4) is 0 Å². The van der Waals surface area contributed by atoms with Gasteiger partial charge in [-0.25, -0.2) is 4.79 Å². The van der Waals surface area contributed by atoms with Crippen LogP contribution in [0, 0.1) is 41.4 Å². The lowest BCUT2D eigenvalue weighted by Crippen LogP contribution is -2.61. The predicted molar refractivity (Wildman–Crippen MR) is 480 cm³/mol. The fourth-order valence-electron chi connectivity index (χ4n) is 13.7. The maximum atomic E-state index is 14.7. The van der Waals surface area contributed by atoms with E-state index in [0.717, 1.165) is 0 Å². The molecule has 0 aliphatic carbocycles. The van der Waals surface area contributed by atoms with Crippen LogP contribution in [0.25, 0.3) is 0 Å². The maximum absolute atomic E-state index is 14.7. The van der Waals surface area contributed by atoms with Gasteiger partial charge in [0.15, 0.2) is 11.9 Å². The van der Waals surface area contributed by atoms with Crippen molar-refractivity contribution >= 4 is 112 Å². The number of amides is 16. The van der Waals surface area contributed by atoms with Crippen LogP contribution < -0.4 is 120 Å². The third-order valence-corrected chi connectivity index (χ3v) is 20.8. The van der Waals surface area contributed by atoms with E-state index in [0.29, 0.717) is 38.5 Å². The van der Waals surface area contributed by atoms with E-state index in [4.69, 9.17) is 40.1 Å². The minimum Gasteiger partial charge on any atom is -0.480 e. The molecular weight excluding hydrogens is 1650 g/mol. The number of carboxylic acids is 1. The van der Waals surface area contributed by atoms with Crippen molar-refractivity contribution in [3.8, 4) is 0 Å². The molecule has 1 rings (SSSR count). The van der Waals surface area contributed by atoms with Gasteiger partial charge in [-0.2, -0.15) is 0 Å². The van der Waals surface area contributed by atoms with E-state index >= 15 is 0 Å². The van der Waals surface area contributed by atoms with Crippen LogP contribution >= 0.6 is 0 Å². The zero-order valence-corrected chi connectivity index (χ0v) is 78.2. The molecule has 16 amide bonds. The van der Waals surface area contributed by atoms with Gasteiger partial charge in [-0.1, -0.05) is 96.9 Å². The number of aliphatic imine (C=N–C) groups is 2. The number of hydrogen-bond acceptors (Lipinski definition) is 22. The summed E-state index contributed by atoms with van der Waals surface area (Å²) in [6.45, 7) is 32.3. The molecular formula is C84H155N25O18. The molecule has 1 heterocycles. The Morgan fingerprint density at radius 1 is 0.323 bits per heavy atom. The maximum Gasteiger partial charge on any atom is 0.326 e. The summed E-state index contributed by atoms with van der Waals surface area (Å²) in [6, 6.07) is -21.1. The molecule has 1 saturated heterocycles. The number of carbonyl (C=O) groups excluding carboxylic acids is 16. The van der Waals surface area contributed by atoms with Crippen molar-refractivity contribution in [2.45, 2.75) is 343 Å². The van der Waals surface area contributed by atoms with Gasteiger partial charge < -0.3 is 130 Å². The number of carboxylic acid groups (broad SMARTS) is 1. The summed E-state index contributed by atoms with van der Waals surface area (Å²) in [4.78, 5) is 245. The van der Waals surface area contributed by atoms with Crippen LogP contribution in [-0.4, -0.2) is 258 Å². The number of carbonyl (C=O) groups is 17. The molecule has 724 valence electrons. The molecule has 0 unspecified atom stereocenters. The molecule has 0 aromatic heterocycles.